The number of methoxy groups -OCH3 is 2. The van der Waals surface area contributed by atoms with Crippen LogP contribution in [0.25, 0.3) is 0 Å². The number of primary amides is 1. The van der Waals surface area contributed by atoms with Crippen molar-refractivity contribution < 1.29 is 14.3 Å². The molecule has 0 saturated carbocycles. The van der Waals surface area contributed by atoms with Gasteiger partial charge < -0.3 is 20.1 Å². The van der Waals surface area contributed by atoms with Crippen LogP contribution in [0, 0.1) is 6.92 Å². The van der Waals surface area contributed by atoms with Gasteiger partial charge in [0, 0.05) is 18.7 Å². The fourth-order valence-electron chi connectivity index (χ4n) is 1.57. The summed E-state index contributed by atoms with van der Waals surface area (Å²) in [5.41, 5.74) is 7.12. The lowest BCUT2D eigenvalue weighted by molar-refractivity contribution is 0.216. The Kier molecular flexibility index (Phi) is 4.20. The molecule has 0 aliphatic carbocycles. The largest absolute Gasteiger partial charge is 0.497 e. The summed E-state index contributed by atoms with van der Waals surface area (Å²) in [5, 5.41) is 0. The topological polar surface area (TPSA) is 64.8 Å². The number of benzene rings is 1. The standard InChI is InChI=1S/C12H18N2O3/c1-8-5-9(16-3)6-11(17-4)10(8)7-14(2)12(13)15/h5-6H,7H2,1-4H3,(H2,13,15). The van der Waals surface area contributed by atoms with Crippen molar-refractivity contribution in [3.63, 3.8) is 0 Å². The smallest absolute Gasteiger partial charge is 0.314 e. The van der Waals surface area contributed by atoms with E-state index in [1.165, 1.54) is 4.90 Å². The zero-order valence-corrected chi connectivity index (χ0v) is 10.6. The second-order valence-electron chi connectivity index (χ2n) is 3.82. The van der Waals surface area contributed by atoms with E-state index >= 15 is 0 Å². The lowest BCUT2D eigenvalue weighted by Crippen LogP contribution is -2.31. The molecule has 1 rings (SSSR count). The molecular formula is C12H18N2O3. The van der Waals surface area contributed by atoms with Crippen LogP contribution in [0.4, 0.5) is 4.79 Å². The number of hydrogen-bond acceptors (Lipinski definition) is 3. The predicted molar refractivity (Wildman–Crippen MR) is 65.3 cm³/mol. The molecule has 0 bridgehead atoms. The van der Waals surface area contributed by atoms with E-state index in [4.69, 9.17) is 15.2 Å². The molecule has 17 heavy (non-hydrogen) atoms. The summed E-state index contributed by atoms with van der Waals surface area (Å²) in [6, 6.07) is 3.21. The van der Waals surface area contributed by atoms with Crippen molar-refractivity contribution in [1.29, 1.82) is 0 Å². The molecule has 0 radical (unpaired) electrons. The molecule has 0 unspecified atom stereocenters. The molecule has 0 aliphatic rings. The Hall–Kier alpha value is -1.91. The van der Waals surface area contributed by atoms with Crippen LogP contribution >= 0.6 is 0 Å². The van der Waals surface area contributed by atoms with Crippen LogP contribution in [-0.4, -0.2) is 32.2 Å². The zero-order chi connectivity index (χ0) is 13.0. The molecule has 0 aromatic heterocycles. The highest BCUT2D eigenvalue weighted by Gasteiger charge is 2.13. The Morgan fingerprint density at radius 1 is 1.35 bits per heavy atom. The second-order valence-corrected chi connectivity index (χ2v) is 3.82. The average molecular weight is 238 g/mol. The number of carbonyl (C=O) groups excluding carboxylic acids is 1. The van der Waals surface area contributed by atoms with Crippen molar-refractivity contribution in [2.45, 2.75) is 13.5 Å². The number of carbonyl (C=O) groups is 1. The van der Waals surface area contributed by atoms with Gasteiger partial charge in [-0.3, -0.25) is 0 Å². The highest BCUT2D eigenvalue weighted by Crippen LogP contribution is 2.29. The van der Waals surface area contributed by atoms with E-state index in [1.54, 1.807) is 27.3 Å². The molecule has 0 aliphatic heterocycles. The zero-order valence-electron chi connectivity index (χ0n) is 10.6. The Balaban J connectivity index is 3.09. The van der Waals surface area contributed by atoms with E-state index in [0.29, 0.717) is 12.3 Å². The van der Waals surface area contributed by atoms with Gasteiger partial charge in [-0.25, -0.2) is 4.79 Å². The molecule has 5 heteroatoms. The van der Waals surface area contributed by atoms with E-state index < -0.39 is 6.03 Å². The highest BCUT2D eigenvalue weighted by atomic mass is 16.5. The number of nitrogens with zero attached hydrogens (tertiary/aromatic N) is 1. The summed E-state index contributed by atoms with van der Waals surface area (Å²) in [7, 11) is 4.83. The first-order chi connectivity index (χ1) is 7.99. The Morgan fingerprint density at radius 2 is 2.00 bits per heavy atom. The van der Waals surface area contributed by atoms with Crippen LogP contribution in [0.2, 0.25) is 0 Å². The second kappa shape index (κ2) is 5.43. The molecule has 0 fully saturated rings. The van der Waals surface area contributed by atoms with Crippen LogP contribution in [0.3, 0.4) is 0 Å². The first-order valence-corrected chi connectivity index (χ1v) is 5.21. The minimum absolute atomic E-state index is 0.411. The van der Waals surface area contributed by atoms with Crippen molar-refractivity contribution in [3.8, 4) is 11.5 Å². The fraction of sp³-hybridized carbons (Fsp3) is 0.417. The van der Waals surface area contributed by atoms with Gasteiger partial charge in [0.1, 0.15) is 11.5 Å². The number of nitrogens with two attached hydrogens (primary N) is 1. The molecule has 0 atom stereocenters. The van der Waals surface area contributed by atoms with Gasteiger partial charge in [0.15, 0.2) is 0 Å². The molecule has 0 spiro atoms. The van der Waals surface area contributed by atoms with Gasteiger partial charge in [-0.15, -0.1) is 0 Å². The van der Waals surface area contributed by atoms with E-state index in [1.807, 2.05) is 13.0 Å². The summed E-state index contributed by atoms with van der Waals surface area (Å²) in [6.07, 6.45) is 0. The molecule has 5 nitrogen and oxygen atoms in total. The van der Waals surface area contributed by atoms with Crippen LogP contribution in [0.5, 0.6) is 11.5 Å². The summed E-state index contributed by atoms with van der Waals surface area (Å²) < 4.78 is 10.5. The Labute approximate surface area is 101 Å². The van der Waals surface area contributed by atoms with Gasteiger partial charge in [0.25, 0.3) is 0 Å². The Morgan fingerprint density at radius 3 is 2.47 bits per heavy atom. The quantitative estimate of drug-likeness (QED) is 0.865. The summed E-state index contributed by atoms with van der Waals surface area (Å²) in [4.78, 5) is 12.4. The SMILES string of the molecule is COc1cc(C)c(CN(C)C(N)=O)c(OC)c1. The number of urea groups is 1. The number of amides is 2. The minimum Gasteiger partial charge on any atom is -0.497 e. The summed E-state index contributed by atoms with van der Waals surface area (Å²) in [6.45, 7) is 2.35. The third-order valence-corrected chi connectivity index (χ3v) is 2.63. The van der Waals surface area contributed by atoms with Crippen LogP contribution in [-0.2, 0) is 6.54 Å². The molecule has 0 heterocycles. The molecular weight excluding hydrogens is 220 g/mol. The van der Waals surface area contributed by atoms with Gasteiger partial charge >= 0.3 is 6.03 Å². The molecule has 1 aromatic rings. The predicted octanol–water partition coefficient (Wildman–Crippen LogP) is 1.52. The van der Waals surface area contributed by atoms with Gasteiger partial charge in [-0.1, -0.05) is 0 Å². The third kappa shape index (κ3) is 3.03. The number of ether oxygens (including phenoxy) is 2. The molecule has 1 aromatic carbocycles. The summed E-state index contributed by atoms with van der Waals surface area (Å²) in [5.74, 6) is 1.42. The van der Waals surface area contributed by atoms with Crippen LogP contribution < -0.4 is 15.2 Å². The van der Waals surface area contributed by atoms with Gasteiger partial charge in [0.2, 0.25) is 0 Å². The lowest BCUT2D eigenvalue weighted by atomic mass is 10.1. The molecule has 94 valence electrons. The maximum atomic E-state index is 11.0. The number of hydrogen-bond donors (Lipinski definition) is 1. The summed E-state index contributed by atoms with van der Waals surface area (Å²) >= 11 is 0. The van der Waals surface area contributed by atoms with Crippen molar-refractivity contribution in [1.82, 2.24) is 4.90 Å². The van der Waals surface area contributed by atoms with Gasteiger partial charge in [-0.05, 0) is 18.6 Å². The normalized spacial score (nSPS) is 9.88. The Bertz CT molecular complexity index is 418. The van der Waals surface area contributed by atoms with Gasteiger partial charge in [-0.2, -0.15) is 0 Å². The van der Waals surface area contributed by atoms with E-state index in [9.17, 15) is 4.79 Å². The van der Waals surface area contributed by atoms with Crippen LogP contribution in [0.15, 0.2) is 12.1 Å². The van der Waals surface area contributed by atoms with E-state index in [-0.39, 0.29) is 0 Å². The number of aryl methyl sites for hydroxylation is 1. The monoisotopic (exact) mass is 238 g/mol. The highest BCUT2D eigenvalue weighted by molar-refractivity contribution is 5.71. The van der Waals surface area contributed by atoms with Crippen molar-refractivity contribution in [2.24, 2.45) is 5.73 Å². The third-order valence-electron chi connectivity index (χ3n) is 2.63. The van der Waals surface area contributed by atoms with Crippen LogP contribution in [0.1, 0.15) is 11.1 Å². The van der Waals surface area contributed by atoms with Crippen molar-refractivity contribution in [2.75, 3.05) is 21.3 Å². The minimum atomic E-state index is -0.470. The fourth-order valence-corrected chi connectivity index (χ4v) is 1.57. The van der Waals surface area contributed by atoms with E-state index in [0.717, 1.165) is 16.9 Å². The maximum absolute atomic E-state index is 11.0. The first kappa shape index (κ1) is 13.2. The maximum Gasteiger partial charge on any atom is 0.314 e. The lowest BCUT2D eigenvalue weighted by Gasteiger charge is -2.19. The first-order valence-electron chi connectivity index (χ1n) is 5.21. The molecule has 2 N–H and O–H groups in total. The number of rotatable bonds is 4. The average Bonchev–Trinajstić information content (AvgIpc) is 2.30. The van der Waals surface area contributed by atoms with E-state index in [2.05, 4.69) is 0 Å². The van der Waals surface area contributed by atoms with Gasteiger partial charge in [0.05, 0.1) is 20.8 Å². The molecule has 0 saturated heterocycles. The van der Waals surface area contributed by atoms with Crippen molar-refractivity contribution >= 4 is 6.03 Å². The van der Waals surface area contributed by atoms with Crippen molar-refractivity contribution in [3.05, 3.63) is 23.3 Å². The molecule has 2 amide bonds.